The predicted molar refractivity (Wildman–Crippen MR) is 132 cm³/mol. The summed E-state index contributed by atoms with van der Waals surface area (Å²) in [5, 5.41) is 21.6. The third-order valence-corrected chi connectivity index (χ3v) is 7.20. The van der Waals surface area contributed by atoms with E-state index in [2.05, 4.69) is 75.1 Å². The largest absolute Gasteiger partial charge is 0.393 e. The van der Waals surface area contributed by atoms with Crippen molar-refractivity contribution >= 4 is 10.8 Å². The Morgan fingerprint density at radius 2 is 1.70 bits per heavy atom. The minimum Gasteiger partial charge on any atom is -0.393 e. The van der Waals surface area contributed by atoms with E-state index in [-0.39, 0.29) is 38.2 Å². The molecular weight excluding hydrogens is 587 g/mol. The Hall–Kier alpha value is -1.58. The van der Waals surface area contributed by atoms with Gasteiger partial charge in [0, 0.05) is 32.2 Å². The number of rotatable bonds is 2. The van der Waals surface area contributed by atoms with E-state index in [1.165, 1.54) is 28.3 Å². The Labute approximate surface area is 212 Å². The van der Waals surface area contributed by atoms with Crippen molar-refractivity contribution < 1.29 is 30.3 Å². The topological polar surface area (TPSA) is 53.4 Å². The van der Waals surface area contributed by atoms with Gasteiger partial charge in [-0.15, -0.1) is 34.9 Å². The first-order valence-electron chi connectivity index (χ1n) is 12.1. The predicted octanol–water partition coefficient (Wildman–Crippen LogP) is 6.36. The maximum absolute atomic E-state index is 9.59. The molecule has 33 heavy (non-hydrogen) atoms. The first kappa shape index (κ1) is 26.0. The molecule has 2 saturated carbocycles. The quantitative estimate of drug-likeness (QED) is 0.327. The summed E-state index contributed by atoms with van der Waals surface area (Å²) < 4.78 is 0. The van der Waals surface area contributed by atoms with E-state index in [1.807, 2.05) is 6.20 Å². The van der Waals surface area contributed by atoms with Gasteiger partial charge in [0.25, 0.3) is 0 Å². The van der Waals surface area contributed by atoms with Crippen LogP contribution in [0.4, 0.5) is 0 Å². The molecule has 2 N–H and O–H groups in total. The fourth-order valence-electron chi connectivity index (χ4n) is 5.57. The van der Waals surface area contributed by atoms with Crippen LogP contribution in [-0.4, -0.2) is 27.4 Å². The van der Waals surface area contributed by atoms with Gasteiger partial charge in [-0.1, -0.05) is 52.3 Å². The summed E-state index contributed by atoms with van der Waals surface area (Å²) in [5.74, 6) is 1.37. The Balaban J connectivity index is 0.000000215. The van der Waals surface area contributed by atoms with Crippen molar-refractivity contribution in [3.63, 3.8) is 0 Å². The number of hydrogen-bond acceptors (Lipinski definition) is 3. The van der Waals surface area contributed by atoms with Crippen LogP contribution < -0.4 is 0 Å². The van der Waals surface area contributed by atoms with Gasteiger partial charge in [0.05, 0.1) is 12.2 Å². The van der Waals surface area contributed by atoms with Gasteiger partial charge in [-0.05, 0) is 65.6 Å². The number of fused-ring (bicyclic) bond motifs is 2. The van der Waals surface area contributed by atoms with Gasteiger partial charge in [0.15, 0.2) is 0 Å². The van der Waals surface area contributed by atoms with E-state index < -0.39 is 0 Å². The second kappa shape index (κ2) is 11.2. The molecule has 2 aliphatic carbocycles. The molecule has 2 aliphatic rings. The normalized spacial score (nSPS) is 24.1. The van der Waals surface area contributed by atoms with Crippen molar-refractivity contribution in [2.24, 2.45) is 11.8 Å². The Bertz CT molecular complexity index is 1060. The zero-order valence-corrected chi connectivity index (χ0v) is 22.5. The average molecular weight is 623 g/mol. The molecule has 0 spiro atoms. The molecule has 0 amide bonds. The molecule has 2 fully saturated rings. The van der Waals surface area contributed by atoms with Gasteiger partial charge in [-0.2, -0.15) is 0 Å². The first-order valence-corrected chi connectivity index (χ1v) is 12.1. The number of aliphatic hydroxyl groups is 2. The fraction of sp³-hybridized carbons (Fsp3) is 0.483. The number of nitrogens with zero attached hydrogens (tertiary/aromatic N) is 1. The molecule has 3 nitrogen and oxygen atoms in total. The monoisotopic (exact) mass is 623 g/mol. The van der Waals surface area contributed by atoms with Crippen LogP contribution in [0.15, 0.2) is 42.6 Å². The molecule has 3 aromatic rings. The molecule has 0 bridgehead atoms. The van der Waals surface area contributed by atoms with Gasteiger partial charge in [0.1, 0.15) is 0 Å². The summed E-state index contributed by atoms with van der Waals surface area (Å²) in [6.07, 6.45) is 6.77. The Kier molecular flexibility index (Phi) is 8.86. The molecule has 4 atom stereocenters. The number of benzene rings is 2. The van der Waals surface area contributed by atoms with E-state index in [1.54, 1.807) is 0 Å². The molecule has 1 heterocycles. The summed E-state index contributed by atoms with van der Waals surface area (Å²) in [7, 11) is 0. The van der Waals surface area contributed by atoms with Crippen molar-refractivity contribution in [2.75, 3.05) is 0 Å². The van der Waals surface area contributed by atoms with Crippen LogP contribution in [-0.2, 0) is 20.1 Å². The second-order valence-corrected chi connectivity index (χ2v) is 10.0. The molecule has 1 aromatic heterocycles. The Morgan fingerprint density at radius 1 is 0.939 bits per heavy atom. The molecule has 4 unspecified atom stereocenters. The van der Waals surface area contributed by atoms with Gasteiger partial charge in [-0.3, -0.25) is 0 Å². The van der Waals surface area contributed by atoms with Crippen LogP contribution in [0, 0.1) is 31.7 Å². The van der Waals surface area contributed by atoms with Crippen molar-refractivity contribution in [1.29, 1.82) is 0 Å². The summed E-state index contributed by atoms with van der Waals surface area (Å²) in [5.41, 5.74) is 5.87. The van der Waals surface area contributed by atoms with Crippen molar-refractivity contribution in [1.82, 2.24) is 4.98 Å². The maximum Gasteiger partial charge on any atom is 0.0595 e. The Morgan fingerprint density at radius 3 is 2.39 bits per heavy atom. The first-order chi connectivity index (χ1) is 15.3. The molecular formula is C29H36IrNO2-. The van der Waals surface area contributed by atoms with Gasteiger partial charge in [-0.25, -0.2) is 0 Å². The third-order valence-electron chi connectivity index (χ3n) is 7.20. The van der Waals surface area contributed by atoms with Crippen LogP contribution in [0.2, 0.25) is 0 Å². The molecule has 0 aliphatic heterocycles. The number of aryl methyl sites for hydroxylation is 2. The molecule has 1 radical (unpaired) electrons. The average Bonchev–Trinajstić information content (AvgIpc) is 3.15. The second-order valence-electron chi connectivity index (χ2n) is 10.0. The van der Waals surface area contributed by atoms with Crippen molar-refractivity contribution in [3.05, 3.63) is 65.4 Å². The zero-order chi connectivity index (χ0) is 22.8. The van der Waals surface area contributed by atoms with Crippen molar-refractivity contribution in [2.45, 2.75) is 77.9 Å². The van der Waals surface area contributed by atoms with Crippen LogP contribution in [0.1, 0.15) is 68.6 Å². The SMILES string of the molecule is Cc1[c-]c(-c2nccc3cc(C(C)C)ccc23)cc(C)c1.OC1CCCC2CCC(O)C12.[Ir]. The van der Waals surface area contributed by atoms with E-state index in [4.69, 9.17) is 0 Å². The van der Waals surface area contributed by atoms with Gasteiger partial charge < -0.3 is 15.2 Å². The van der Waals surface area contributed by atoms with Gasteiger partial charge >= 0.3 is 0 Å². The summed E-state index contributed by atoms with van der Waals surface area (Å²) in [6.45, 7) is 8.65. The van der Waals surface area contributed by atoms with Crippen LogP contribution >= 0.6 is 0 Å². The zero-order valence-electron chi connectivity index (χ0n) is 20.1. The van der Waals surface area contributed by atoms with Crippen LogP contribution in [0.25, 0.3) is 22.0 Å². The number of hydrogen-bond donors (Lipinski definition) is 2. The van der Waals surface area contributed by atoms with Gasteiger partial charge in [0.2, 0.25) is 0 Å². The van der Waals surface area contributed by atoms with Crippen molar-refractivity contribution in [3.8, 4) is 11.3 Å². The van der Waals surface area contributed by atoms with E-state index in [0.29, 0.717) is 11.8 Å². The maximum atomic E-state index is 9.59. The van der Waals surface area contributed by atoms with Crippen LogP contribution in [0.5, 0.6) is 0 Å². The summed E-state index contributed by atoms with van der Waals surface area (Å²) in [6, 6.07) is 16.5. The van der Waals surface area contributed by atoms with Crippen LogP contribution in [0.3, 0.4) is 0 Å². The minimum absolute atomic E-state index is 0. The standard InChI is InChI=1S/C20H20N.C9H16O2.Ir/c1-13(2)16-5-6-19-17(12-16)7-8-21-20(19)18-10-14(3)9-15(4)11-18;10-7-3-1-2-6-4-5-8(11)9(6)7;/h5-10,12-13H,1-4H3;6-11H,1-5H2;/q-1;;. The molecule has 179 valence electrons. The van der Waals surface area contributed by atoms with E-state index in [9.17, 15) is 10.2 Å². The van der Waals surface area contributed by atoms with E-state index >= 15 is 0 Å². The number of pyridine rings is 1. The minimum atomic E-state index is -0.216. The molecule has 2 aromatic carbocycles. The number of aromatic nitrogens is 1. The summed E-state index contributed by atoms with van der Waals surface area (Å²) in [4.78, 5) is 4.60. The molecule has 5 rings (SSSR count). The van der Waals surface area contributed by atoms with E-state index in [0.717, 1.165) is 42.5 Å². The third kappa shape index (κ3) is 5.92. The molecule has 4 heteroatoms. The molecule has 0 saturated heterocycles. The summed E-state index contributed by atoms with van der Waals surface area (Å²) >= 11 is 0. The number of aliphatic hydroxyl groups excluding tert-OH is 2. The smallest absolute Gasteiger partial charge is 0.0595 e. The fourth-order valence-corrected chi connectivity index (χ4v) is 5.57.